The van der Waals surface area contributed by atoms with Gasteiger partial charge in [0.2, 0.25) is 5.91 Å². The van der Waals surface area contributed by atoms with E-state index in [0.717, 1.165) is 5.69 Å². The van der Waals surface area contributed by atoms with Gasteiger partial charge in [-0.25, -0.2) is 4.68 Å². The zero-order valence-electron chi connectivity index (χ0n) is 20.3. The van der Waals surface area contributed by atoms with Gasteiger partial charge in [-0.1, -0.05) is 18.2 Å². The maximum atomic E-state index is 13.4. The van der Waals surface area contributed by atoms with Crippen LogP contribution in [0.2, 0.25) is 0 Å². The van der Waals surface area contributed by atoms with E-state index in [4.69, 9.17) is 9.15 Å². The average Bonchev–Trinajstić information content (AvgIpc) is 3.51. The lowest BCUT2D eigenvalue weighted by Crippen LogP contribution is -2.45. The van der Waals surface area contributed by atoms with Crippen LogP contribution in [0.15, 0.2) is 53.1 Å². The molecular weight excluding hydrogens is 448 g/mol. The van der Waals surface area contributed by atoms with E-state index in [-0.39, 0.29) is 30.2 Å². The molecule has 0 N–H and O–H groups in total. The second-order valence-electron chi connectivity index (χ2n) is 8.65. The van der Waals surface area contributed by atoms with Crippen molar-refractivity contribution in [2.24, 2.45) is 5.92 Å². The minimum atomic E-state index is -0.328. The number of ether oxygens (including phenoxy) is 1. The highest BCUT2D eigenvalue weighted by Crippen LogP contribution is 2.27. The lowest BCUT2D eigenvalue weighted by molar-refractivity contribution is -0.151. The standard InChI is InChI=1S/C26H30N4O5/c1-4-34-26(33)19-12-14-29(15-13-19)23(31)17-28(3)25(32)21-16-30(20-8-6-5-7-9-20)27-24(21)22-11-10-18(2)35-22/h5-11,16,19H,4,12-15,17H2,1-3H3. The van der Waals surface area contributed by atoms with Gasteiger partial charge in [-0.2, -0.15) is 5.10 Å². The Morgan fingerprint density at radius 2 is 1.83 bits per heavy atom. The van der Waals surface area contributed by atoms with E-state index in [9.17, 15) is 14.4 Å². The molecule has 1 aliphatic heterocycles. The number of aryl methyl sites for hydroxylation is 1. The Morgan fingerprint density at radius 3 is 2.46 bits per heavy atom. The van der Waals surface area contributed by atoms with Crippen LogP contribution in [0.25, 0.3) is 17.1 Å². The Hall–Kier alpha value is -3.88. The van der Waals surface area contributed by atoms with Crippen molar-refractivity contribution in [3.8, 4) is 17.1 Å². The third kappa shape index (κ3) is 5.45. The Bertz CT molecular complexity index is 1190. The minimum Gasteiger partial charge on any atom is -0.466 e. The summed E-state index contributed by atoms with van der Waals surface area (Å²) in [5.41, 5.74) is 1.57. The van der Waals surface area contributed by atoms with Crippen molar-refractivity contribution in [2.45, 2.75) is 26.7 Å². The van der Waals surface area contributed by atoms with Crippen LogP contribution in [0.5, 0.6) is 0 Å². The number of hydrogen-bond donors (Lipinski definition) is 0. The highest BCUT2D eigenvalue weighted by molar-refractivity contribution is 6.00. The first-order valence-corrected chi connectivity index (χ1v) is 11.8. The number of para-hydroxylation sites is 1. The van der Waals surface area contributed by atoms with E-state index in [2.05, 4.69) is 5.10 Å². The van der Waals surface area contributed by atoms with Crippen molar-refractivity contribution >= 4 is 17.8 Å². The predicted molar refractivity (Wildman–Crippen MR) is 129 cm³/mol. The van der Waals surface area contributed by atoms with Crippen molar-refractivity contribution in [3.63, 3.8) is 0 Å². The molecule has 0 radical (unpaired) electrons. The quantitative estimate of drug-likeness (QED) is 0.483. The molecule has 9 heteroatoms. The second-order valence-corrected chi connectivity index (χ2v) is 8.65. The molecule has 4 rings (SSSR count). The van der Waals surface area contributed by atoms with Gasteiger partial charge in [0, 0.05) is 26.3 Å². The van der Waals surface area contributed by atoms with Gasteiger partial charge >= 0.3 is 5.97 Å². The van der Waals surface area contributed by atoms with Gasteiger partial charge in [-0.05, 0) is 51.0 Å². The molecule has 0 bridgehead atoms. The molecule has 2 amide bonds. The molecule has 3 heterocycles. The van der Waals surface area contributed by atoms with Gasteiger partial charge in [0.05, 0.1) is 30.3 Å². The second kappa shape index (κ2) is 10.6. The van der Waals surface area contributed by atoms with Gasteiger partial charge in [-0.15, -0.1) is 0 Å². The fraction of sp³-hybridized carbons (Fsp3) is 0.385. The molecule has 9 nitrogen and oxygen atoms in total. The van der Waals surface area contributed by atoms with Crippen LogP contribution in [0.3, 0.4) is 0 Å². The van der Waals surface area contributed by atoms with E-state index in [1.807, 2.05) is 43.3 Å². The number of esters is 1. The van der Waals surface area contributed by atoms with E-state index in [1.165, 1.54) is 4.90 Å². The van der Waals surface area contributed by atoms with Crippen LogP contribution in [-0.4, -0.2) is 70.7 Å². The normalized spacial score (nSPS) is 14.1. The maximum Gasteiger partial charge on any atom is 0.309 e. The largest absolute Gasteiger partial charge is 0.466 e. The maximum absolute atomic E-state index is 13.4. The van der Waals surface area contributed by atoms with Gasteiger partial charge < -0.3 is 19.0 Å². The summed E-state index contributed by atoms with van der Waals surface area (Å²) in [6, 6.07) is 13.1. The van der Waals surface area contributed by atoms with Crippen molar-refractivity contribution in [2.75, 3.05) is 33.3 Å². The van der Waals surface area contributed by atoms with Crippen LogP contribution in [0.1, 0.15) is 35.9 Å². The molecule has 0 atom stereocenters. The van der Waals surface area contributed by atoms with Crippen LogP contribution < -0.4 is 0 Å². The molecule has 1 saturated heterocycles. The molecule has 0 unspecified atom stereocenters. The number of amides is 2. The highest BCUT2D eigenvalue weighted by Gasteiger charge is 2.30. The molecule has 35 heavy (non-hydrogen) atoms. The minimum absolute atomic E-state index is 0.0734. The SMILES string of the molecule is CCOC(=O)C1CCN(C(=O)CN(C)C(=O)c2cn(-c3ccccc3)nc2-c2ccc(C)o2)CC1. The number of aromatic nitrogens is 2. The number of benzene rings is 1. The van der Waals surface area contributed by atoms with E-state index >= 15 is 0 Å². The number of furan rings is 1. The number of carbonyl (C=O) groups excluding carboxylic acids is 3. The van der Waals surface area contributed by atoms with Crippen molar-refractivity contribution in [3.05, 3.63) is 60.0 Å². The zero-order valence-corrected chi connectivity index (χ0v) is 20.3. The molecule has 1 fully saturated rings. The van der Waals surface area contributed by atoms with E-state index in [0.29, 0.717) is 55.3 Å². The van der Waals surface area contributed by atoms with Gasteiger partial charge in [0.15, 0.2) is 5.76 Å². The predicted octanol–water partition coefficient (Wildman–Crippen LogP) is 3.31. The molecule has 0 saturated carbocycles. The number of piperidine rings is 1. The van der Waals surface area contributed by atoms with Crippen molar-refractivity contribution in [1.29, 1.82) is 0 Å². The first-order valence-electron chi connectivity index (χ1n) is 11.8. The van der Waals surface area contributed by atoms with E-state index < -0.39 is 0 Å². The fourth-order valence-electron chi connectivity index (χ4n) is 4.19. The molecule has 184 valence electrons. The Balaban J connectivity index is 1.48. The summed E-state index contributed by atoms with van der Waals surface area (Å²) in [5, 5.41) is 4.61. The molecule has 0 spiro atoms. The van der Waals surface area contributed by atoms with Gasteiger partial charge in [0.1, 0.15) is 11.5 Å². The summed E-state index contributed by atoms with van der Waals surface area (Å²) in [4.78, 5) is 41.4. The Morgan fingerprint density at radius 1 is 1.11 bits per heavy atom. The monoisotopic (exact) mass is 478 g/mol. The van der Waals surface area contributed by atoms with Crippen LogP contribution in [0, 0.1) is 12.8 Å². The molecule has 1 aromatic carbocycles. The average molecular weight is 479 g/mol. The van der Waals surface area contributed by atoms with Crippen LogP contribution in [-0.2, 0) is 14.3 Å². The topological polar surface area (TPSA) is 97.9 Å². The Labute approximate surface area is 204 Å². The first kappa shape index (κ1) is 24.3. The number of hydrogen-bond acceptors (Lipinski definition) is 6. The number of likely N-dealkylation sites (N-methyl/N-ethyl adjacent to an activating group) is 1. The summed E-state index contributed by atoms with van der Waals surface area (Å²) in [5.74, 6) is 0.327. The Kier molecular flexibility index (Phi) is 7.33. The number of likely N-dealkylation sites (tertiary alicyclic amines) is 1. The fourth-order valence-corrected chi connectivity index (χ4v) is 4.19. The lowest BCUT2D eigenvalue weighted by atomic mass is 9.97. The summed E-state index contributed by atoms with van der Waals surface area (Å²) in [6.07, 6.45) is 2.79. The molecule has 3 aromatic rings. The summed E-state index contributed by atoms with van der Waals surface area (Å²) < 4.78 is 12.5. The number of rotatable bonds is 7. The van der Waals surface area contributed by atoms with E-state index in [1.54, 1.807) is 35.8 Å². The van der Waals surface area contributed by atoms with Gasteiger partial charge in [0.25, 0.3) is 5.91 Å². The van der Waals surface area contributed by atoms with Crippen LogP contribution >= 0.6 is 0 Å². The third-order valence-corrected chi connectivity index (χ3v) is 6.13. The first-order chi connectivity index (χ1) is 16.9. The van der Waals surface area contributed by atoms with Gasteiger partial charge in [-0.3, -0.25) is 14.4 Å². The van der Waals surface area contributed by atoms with Crippen molar-refractivity contribution < 1.29 is 23.5 Å². The summed E-state index contributed by atoms with van der Waals surface area (Å²) in [6.45, 7) is 4.82. The van der Waals surface area contributed by atoms with Crippen LogP contribution in [0.4, 0.5) is 0 Å². The highest BCUT2D eigenvalue weighted by atomic mass is 16.5. The molecular formula is C26H30N4O5. The molecule has 1 aliphatic rings. The number of nitrogens with zero attached hydrogens (tertiary/aromatic N) is 4. The van der Waals surface area contributed by atoms with Crippen molar-refractivity contribution in [1.82, 2.24) is 19.6 Å². The smallest absolute Gasteiger partial charge is 0.309 e. The summed E-state index contributed by atoms with van der Waals surface area (Å²) in [7, 11) is 1.60. The molecule has 2 aromatic heterocycles. The third-order valence-electron chi connectivity index (χ3n) is 6.13. The summed E-state index contributed by atoms with van der Waals surface area (Å²) >= 11 is 0. The lowest BCUT2D eigenvalue weighted by Gasteiger charge is -2.32. The zero-order chi connectivity index (χ0) is 24.9. The molecule has 0 aliphatic carbocycles. The number of carbonyl (C=O) groups is 3.